The maximum atomic E-state index is 10.3. The first-order valence-corrected chi connectivity index (χ1v) is 4.83. The topological polar surface area (TPSA) is 173 Å². The molecule has 0 heterocycles. The Kier molecular flexibility index (Phi) is 10.0. The van der Waals surface area contributed by atoms with Crippen LogP contribution in [0.3, 0.4) is 0 Å². The van der Waals surface area contributed by atoms with Gasteiger partial charge in [0.25, 0.3) is 0 Å². The van der Waals surface area contributed by atoms with Crippen LogP contribution in [0.25, 0.3) is 0 Å². The van der Waals surface area contributed by atoms with Crippen LogP contribution in [-0.4, -0.2) is 56.6 Å². The van der Waals surface area contributed by atoms with Gasteiger partial charge >= 0.3 is 11.9 Å². The Labute approximate surface area is 113 Å². The third-order valence-corrected chi connectivity index (χ3v) is 1.40. The van der Waals surface area contributed by atoms with Crippen LogP contribution in [-0.2, 0) is 19.2 Å². The van der Waals surface area contributed by atoms with E-state index in [1.165, 1.54) is 0 Å². The number of aliphatic carboxylic acids is 2. The van der Waals surface area contributed by atoms with Gasteiger partial charge in [-0.15, -0.1) is 0 Å². The van der Waals surface area contributed by atoms with Gasteiger partial charge in [-0.2, -0.15) is 0 Å². The zero-order valence-corrected chi connectivity index (χ0v) is 10.1. The van der Waals surface area contributed by atoms with Crippen LogP contribution >= 0.6 is 0 Å². The Balaban J connectivity index is 0. The van der Waals surface area contributed by atoms with Crippen LogP contribution in [0.2, 0.25) is 0 Å². The predicted molar refractivity (Wildman–Crippen MR) is 64.0 cm³/mol. The number of hydrogen-bond donors (Lipinski definition) is 6. The van der Waals surface area contributed by atoms with Crippen molar-refractivity contribution in [2.45, 2.75) is 12.5 Å². The van der Waals surface area contributed by atoms with Gasteiger partial charge in [0.05, 0.1) is 0 Å². The number of rotatable bonds is 6. The molecular formula is C10H14N2O8. The molecular weight excluding hydrogens is 276 g/mol. The molecule has 0 aromatic rings. The lowest BCUT2D eigenvalue weighted by molar-refractivity contribution is -0.150. The van der Waals surface area contributed by atoms with Crippen LogP contribution in [0.1, 0.15) is 0 Å². The van der Waals surface area contributed by atoms with Gasteiger partial charge in [0.2, 0.25) is 24.3 Å². The lowest BCUT2D eigenvalue weighted by Crippen LogP contribution is -2.39. The van der Waals surface area contributed by atoms with E-state index < -0.39 is 36.2 Å². The highest BCUT2D eigenvalue weighted by Gasteiger charge is 2.13. The van der Waals surface area contributed by atoms with E-state index in [4.69, 9.17) is 20.4 Å². The van der Waals surface area contributed by atoms with Crippen molar-refractivity contribution < 1.29 is 39.6 Å². The first-order chi connectivity index (χ1) is 9.15. The molecule has 0 rings (SSSR count). The summed E-state index contributed by atoms with van der Waals surface area (Å²) in [5, 5.41) is 36.4. The van der Waals surface area contributed by atoms with Crippen LogP contribution in [0.15, 0.2) is 25.3 Å². The molecule has 0 saturated carbocycles. The number of carbonyl (C=O) groups excluding carboxylic acids is 2. The minimum absolute atomic E-state index is 0.727. The SMILES string of the molecule is C=CC(=O)NC(O)C(=O)O.C=CC(=O)NC(O)C(=O)O. The largest absolute Gasteiger partial charge is 0.478 e. The second-order valence-electron chi connectivity index (χ2n) is 2.91. The van der Waals surface area contributed by atoms with Crippen LogP contribution in [0.5, 0.6) is 0 Å². The van der Waals surface area contributed by atoms with E-state index in [0.717, 1.165) is 12.2 Å². The first kappa shape index (κ1) is 19.6. The monoisotopic (exact) mass is 290 g/mol. The van der Waals surface area contributed by atoms with Crippen LogP contribution in [0.4, 0.5) is 0 Å². The summed E-state index contributed by atoms with van der Waals surface area (Å²) >= 11 is 0. The summed E-state index contributed by atoms with van der Waals surface area (Å²) in [6.45, 7) is 6.11. The van der Waals surface area contributed by atoms with E-state index in [9.17, 15) is 19.2 Å². The van der Waals surface area contributed by atoms with E-state index >= 15 is 0 Å². The van der Waals surface area contributed by atoms with Gasteiger partial charge in [-0.25, -0.2) is 9.59 Å². The van der Waals surface area contributed by atoms with Gasteiger partial charge in [0.1, 0.15) is 0 Å². The standard InChI is InChI=1S/2C5H7NO4/c2*1-2-3(7)6-4(8)5(9)10/h2*2,4,8H,1H2,(H,6,7)(H,9,10). The van der Waals surface area contributed by atoms with E-state index in [2.05, 4.69) is 13.2 Å². The van der Waals surface area contributed by atoms with Crippen molar-refractivity contribution in [2.75, 3.05) is 0 Å². The third kappa shape index (κ3) is 10.4. The van der Waals surface area contributed by atoms with Crippen molar-refractivity contribution in [1.29, 1.82) is 0 Å². The molecule has 2 unspecified atom stereocenters. The molecule has 20 heavy (non-hydrogen) atoms. The Morgan fingerprint density at radius 2 is 1.05 bits per heavy atom. The number of carboxylic acids is 2. The summed E-state index contributed by atoms with van der Waals surface area (Å²) in [6.07, 6.45) is -1.98. The minimum Gasteiger partial charge on any atom is -0.478 e. The van der Waals surface area contributed by atoms with Crippen LogP contribution < -0.4 is 10.6 Å². The van der Waals surface area contributed by atoms with E-state index in [1.807, 2.05) is 0 Å². The van der Waals surface area contributed by atoms with Gasteiger partial charge in [-0.05, 0) is 12.2 Å². The fourth-order valence-corrected chi connectivity index (χ4v) is 0.511. The van der Waals surface area contributed by atoms with Crippen LogP contribution in [0, 0.1) is 0 Å². The smallest absolute Gasteiger partial charge is 0.353 e. The molecule has 10 nitrogen and oxygen atoms in total. The second-order valence-corrected chi connectivity index (χ2v) is 2.91. The van der Waals surface area contributed by atoms with Crippen molar-refractivity contribution in [2.24, 2.45) is 0 Å². The molecule has 2 amide bonds. The van der Waals surface area contributed by atoms with Crippen molar-refractivity contribution in [3.05, 3.63) is 25.3 Å². The molecule has 0 aliphatic heterocycles. The highest BCUT2D eigenvalue weighted by Crippen LogP contribution is 1.77. The molecule has 2 atom stereocenters. The quantitative estimate of drug-likeness (QED) is 0.228. The molecule has 10 heteroatoms. The fourth-order valence-electron chi connectivity index (χ4n) is 0.511. The Hall–Kier alpha value is -2.72. The van der Waals surface area contributed by atoms with E-state index in [0.29, 0.717) is 0 Å². The lowest BCUT2D eigenvalue weighted by Gasteiger charge is -2.03. The molecule has 112 valence electrons. The number of aliphatic hydroxyl groups is 2. The number of hydrogen-bond acceptors (Lipinski definition) is 6. The maximum absolute atomic E-state index is 10.3. The normalized spacial score (nSPS) is 11.7. The Morgan fingerprint density at radius 1 is 0.800 bits per heavy atom. The second kappa shape index (κ2) is 10.2. The Morgan fingerprint density at radius 3 is 1.20 bits per heavy atom. The van der Waals surface area contributed by atoms with Gasteiger partial charge in [0.15, 0.2) is 0 Å². The summed E-state index contributed by atoms with van der Waals surface area (Å²) in [5.41, 5.74) is 0. The molecule has 6 N–H and O–H groups in total. The summed E-state index contributed by atoms with van der Waals surface area (Å²) in [5.74, 6) is -4.46. The number of amides is 2. The third-order valence-electron chi connectivity index (χ3n) is 1.40. The highest BCUT2D eigenvalue weighted by atomic mass is 16.4. The maximum Gasteiger partial charge on any atom is 0.353 e. The zero-order valence-electron chi connectivity index (χ0n) is 10.1. The average Bonchev–Trinajstić information content (AvgIpc) is 2.38. The molecule has 0 aliphatic carbocycles. The molecule has 0 spiro atoms. The zero-order chi connectivity index (χ0) is 16.3. The molecule has 0 fully saturated rings. The molecule has 0 aliphatic rings. The van der Waals surface area contributed by atoms with Crippen molar-refractivity contribution >= 4 is 23.8 Å². The molecule has 0 aromatic heterocycles. The molecule has 0 saturated heterocycles. The predicted octanol–water partition coefficient (Wildman–Crippen LogP) is -2.62. The number of carbonyl (C=O) groups is 4. The minimum atomic E-state index is -1.86. The van der Waals surface area contributed by atoms with Crippen molar-refractivity contribution in [1.82, 2.24) is 10.6 Å². The average molecular weight is 290 g/mol. The summed E-state index contributed by atoms with van der Waals surface area (Å²) in [6, 6.07) is 0. The summed E-state index contributed by atoms with van der Waals surface area (Å²) in [4.78, 5) is 40.3. The molecule has 0 aromatic carbocycles. The first-order valence-electron chi connectivity index (χ1n) is 4.83. The summed E-state index contributed by atoms with van der Waals surface area (Å²) in [7, 11) is 0. The van der Waals surface area contributed by atoms with E-state index in [-0.39, 0.29) is 0 Å². The fraction of sp³-hybridized carbons (Fsp3) is 0.200. The van der Waals surface area contributed by atoms with Gasteiger partial charge < -0.3 is 31.1 Å². The van der Waals surface area contributed by atoms with Gasteiger partial charge in [-0.3, -0.25) is 9.59 Å². The number of aliphatic hydroxyl groups excluding tert-OH is 2. The number of carboxylic acid groups (broad SMARTS) is 2. The molecule has 0 bridgehead atoms. The summed E-state index contributed by atoms with van der Waals surface area (Å²) < 4.78 is 0. The van der Waals surface area contributed by atoms with Gasteiger partial charge in [0, 0.05) is 0 Å². The Bertz CT molecular complexity index is 368. The van der Waals surface area contributed by atoms with E-state index in [1.54, 1.807) is 10.6 Å². The highest BCUT2D eigenvalue weighted by molar-refractivity contribution is 5.90. The lowest BCUT2D eigenvalue weighted by atomic mass is 10.5. The molecule has 0 radical (unpaired) electrons. The number of nitrogens with one attached hydrogen (secondary N) is 2. The van der Waals surface area contributed by atoms with Crippen molar-refractivity contribution in [3.63, 3.8) is 0 Å². The van der Waals surface area contributed by atoms with Gasteiger partial charge in [-0.1, -0.05) is 13.2 Å². The van der Waals surface area contributed by atoms with Crippen molar-refractivity contribution in [3.8, 4) is 0 Å².